The SMILES string of the molecule is CCNC(=O)C(OC)C1CC1. The van der Waals surface area contributed by atoms with Gasteiger partial charge in [-0.25, -0.2) is 0 Å². The second-order valence-corrected chi connectivity index (χ2v) is 2.89. The molecule has 1 unspecified atom stereocenters. The number of likely N-dealkylation sites (N-methyl/N-ethyl adjacent to an activating group) is 1. The number of amides is 1. The molecule has 0 radical (unpaired) electrons. The molecule has 64 valence electrons. The van der Waals surface area contributed by atoms with E-state index in [0.717, 1.165) is 12.8 Å². The molecule has 0 aromatic carbocycles. The quantitative estimate of drug-likeness (QED) is 0.647. The minimum Gasteiger partial charge on any atom is -0.371 e. The standard InChI is InChI=1S/C8H15NO2/c1-3-9-8(10)7(11-2)6-4-5-6/h6-7H,3-5H2,1-2H3,(H,9,10). The maximum Gasteiger partial charge on any atom is 0.249 e. The van der Waals surface area contributed by atoms with Gasteiger partial charge in [-0.05, 0) is 25.7 Å². The fraction of sp³-hybridized carbons (Fsp3) is 0.875. The zero-order chi connectivity index (χ0) is 8.27. The van der Waals surface area contributed by atoms with Crippen molar-refractivity contribution < 1.29 is 9.53 Å². The minimum atomic E-state index is -0.199. The molecule has 0 bridgehead atoms. The predicted molar refractivity (Wildman–Crippen MR) is 42.2 cm³/mol. The highest BCUT2D eigenvalue weighted by atomic mass is 16.5. The summed E-state index contributed by atoms with van der Waals surface area (Å²) in [5.74, 6) is 0.518. The largest absolute Gasteiger partial charge is 0.371 e. The van der Waals surface area contributed by atoms with Crippen molar-refractivity contribution in [2.45, 2.75) is 25.9 Å². The van der Waals surface area contributed by atoms with E-state index < -0.39 is 0 Å². The number of rotatable bonds is 4. The summed E-state index contributed by atoms with van der Waals surface area (Å²) >= 11 is 0. The second-order valence-electron chi connectivity index (χ2n) is 2.89. The van der Waals surface area contributed by atoms with Crippen LogP contribution in [0.3, 0.4) is 0 Å². The molecular weight excluding hydrogens is 142 g/mol. The minimum absolute atomic E-state index is 0.0394. The molecule has 3 heteroatoms. The number of methoxy groups -OCH3 is 1. The predicted octanol–water partition coefficient (Wildman–Crippen LogP) is 0.547. The number of ether oxygens (including phenoxy) is 1. The lowest BCUT2D eigenvalue weighted by molar-refractivity contribution is -0.132. The Morgan fingerprint density at radius 3 is 2.73 bits per heavy atom. The fourth-order valence-corrected chi connectivity index (χ4v) is 1.19. The van der Waals surface area contributed by atoms with Crippen LogP contribution in [0.15, 0.2) is 0 Å². The molecule has 1 rings (SSSR count). The Labute approximate surface area is 67.1 Å². The van der Waals surface area contributed by atoms with E-state index in [2.05, 4.69) is 5.32 Å². The van der Waals surface area contributed by atoms with Crippen molar-refractivity contribution in [1.29, 1.82) is 0 Å². The van der Waals surface area contributed by atoms with Crippen LogP contribution in [0.1, 0.15) is 19.8 Å². The van der Waals surface area contributed by atoms with Crippen LogP contribution < -0.4 is 5.32 Å². The van der Waals surface area contributed by atoms with Gasteiger partial charge in [0.1, 0.15) is 6.10 Å². The maximum absolute atomic E-state index is 11.2. The summed E-state index contributed by atoms with van der Waals surface area (Å²) in [6.07, 6.45) is 2.07. The van der Waals surface area contributed by atoms with Crippen molar-refractivity contribution in [3.8, 4) is 0 Å². The van der Waals surface area contributed by atoms with Gasteiger partial charge in [-0.15, -0.1) is 0 Å². The normalized spacial score (nSPS) is 19.5. The molecule has 0 aromatic heterocycles. The highest BCUT2D eigenvalue weighted by Crippen LogP contribution is 2.33. The van der Waals surface area contributed by atoms with Crippen LogP contribution in [-0.2, 0) is 9.53 Å². The van der Waals surface area contributed by atoms with Crippen LogP contribution in [0.4, 0.5) is 0 Å². The van der Waals surface area contributed by atoms with Crippen molar-refractivity contribution >= 4 is 5.91 Å². The topological polar surface area (TPSA) is 38.3 Å². The van der Waals surface area contributed by atoms with E-state index in [0.29, 0.717) is 12.5 Å². The number of nitrogens with one attached hydrogen (secondary N) is 1. The van der Waals surface area contributed by atoms with Gasteiger partial charge in [0.15, 0.2) is 0 Å². The van der Waals surface area contributed by atoms with E-state index in [4.69, 9.17) is 4.74 Å². The highest BCUT2D eigenvalue weighted by molar-refractivity contribution is 5.81. The molecule has 1 saturated carbocycles. The Kier molecular flexibility index (Phi) is 2.88. The van der Waals surface area contributed by atoms with Gasteiger partial charge in [-0.2, -0.15) is 0 Å². The molecule has 0 aromatic rings. The number of hydrogen-bond acceptors (Lipinski definition) is 2. The van der Waals surface area contributed by atoms with Crippen molar-refractivity contribution in [1.82, 2.24) is 5.32 Å². The second kappa shape index (κ2) is 3.72. The lowest BCUT2D eigenvalue weighted by Crippen LogP contribution is -2.36. The molecule has 0 saturated heterocycles. The van der Waals surface area contributed by atoms with E-state index >= 15 is 0 Å². The summed E-state index contributed by atoms with van der Waals surface area (Å²) in [6, 6.07) is 0. The van der Waals surface area contributed by atoms with Crippen molar-refractivity contribution in [2.24, 2.45) is 5.92 Å². The molecule has 3 nitrogen and oxygen atoms in total. The van der Waals surface area contributed by atoms with E-state index in [-0.39, 0.29) is 12.0 Å². The molecule has 1 amide bonds. The van der Waals surface area contributed by atoms with Crippen LogP contribution in [-0.4, -0.2) is 25.7 Å². The summed E-state index contributed by atoms with van der Waals surface area (Å²) in [6.45, 7) is 2.60. The molecule has 1 atom stereocenters. The van der Waals surface area contributed by atoms with Crippen molar-refractivity contribution in [3.05, 3.63) is 0 Å². The first-order valence-corrected chi connectivity index (χ1v) is 4.10. The Hall–Kier alpha value is -0.570. The van der Waals surface area contributed by atoms with Crippen LogP contribution in [0.25, 0.3) is 0 Å². The first-order valence-electron chi connectivity index (χ1n) is 4.10. The van der Waals surface area contributed by atoms with Crippen LogP contribution in [0.2, 0.25) is 0 Å². The summed E-state index contributed by atoms with van der Waals surface area (Å²) in [5, 5.41) is 2.75. The molecule has 11 heavy (non-hydrogen) atoms. The summed E-state index contributed by atoms with van der Waals surface area (Å²) in [5.41, 5.74) is 0. The van der Waals surface area contributed by atoms with Gasteiger partial charge in [-0.1, -0.05) is 0 Å². The monoisotopic (exact) mass is 157 g/mol. The van der Waals surface area contributed by atoms with Gasteiger partial charge in [0.05, 0.1) is 0 Å². The first-order chi connectivity index (χ1) is 5.29. The molecule has 0 aliphatic heterocycles. The van der Waals surface area contributed by atoms with Gasteiger partial charge in [-0.3, -0.25) is 4.79 Å². The van der Waals surface area contributed by atoms with Gasteiger partial charge in [0.25, 0.3) is 0 Å². The highest BCUT2D eigenvalue weighted by Gasteiger charge is 2.35. The van der Waals surface area contributed by atoms with Gasteiger partial charge < -0.3 is 10.1 Å². The Morgan fingerprint density at radius 2 is 2.36 bits per heavy atom. The third-order valence-corrected chi connectivity index (χ3v) is 1.91. The Morgan fingerprint density at radius 1 is 1.73 bits per heavy atom. The molecule has 0 heterocycles. The average Bonchev–Trinajstić information content (AvgIpc) is 2.73. The van der Waals surface area contributed by atoms with Crippen LogP contribution in [0, 0.1) is 5.92 Å². The lowest BCUT2D eigenvalue weighted by atomic mass is 10.2. The summed E-state index contributed by atoms with van der Waals surface area (Å²) < 4.78 is 5.08. The summed E-state index contributed by atoms with van der Waals surface area (Å²) in [4.78, 5) is 11.2. The zero-order valence-corrected chi connectivity index (χ0v) is 7.09. The van der Waals surface area contributed by atoms with Gasteiger partial charge >= 0.3 is 0 Å². The smallest absolute Gasteiger partial charge is 0.249 e. The number of hydrogen-bond donors (Lipinski definition) is 1. The third kappa shape index (κ3) is 2.19. The maximum atomic E-state index is 11.2. The molecular formula is C8H15NO2. The lowest BCUT2D eigenvalue weighted by Gasteiger charge is -2.12. The molecule has 0 spiro atoms. The molecule has 1 N–H and O–H groups in total. The van der Waals surface area contributed by atoms with Gasteiger partial charge in [0.2, 0.25) is 5.91 Å². The Bertz CT molecular complexity index is 143. The van der Waals surface area contributed by atoms with Crippen LogP contribution in [0.5, 0.6) is 0 Å². The number of carbonyl (C=O) groups excluding carboxylic acids is 1. The fourth-order valence-electron chi connectivity index (χ4n) is 1.19. The Balaban J connectivity index is 2.33. The molecule has 1 fully saturated rings. The third-order valence-electron chi connectivity index (χ3n) is 1.91. The van der Waals surface area contributed by atoms with Crippen LogP contribution >= 0.6 is 0 Å². The van der Waals surface area contributed by atoms with E-state index in [1.807, 2.05) is 6.92 Å². The zero-order valence-electron chi connectivity index (χ0n) is 7.09. The number of carbonyl (C=O) groups is 1. The molecule has 1 aliphatic rings. The molecule has 1 aliphatic carbocycles. The van der Waals surface area contributed by atoms with E-state index in [1.165, 1.54) is 0 Å². The summed E-state index contributed by atoms with van der Waals surface area (Å²) in [7, 11) is 1.60. The van der Waals surface area contributed by atoms with E-state index in [9.17, 15) is 4.79 Å². The average molecular weight is 157 g/mol. The first kappa shape index (κ1) is 8.53. The van der Waals surface area contributed by atoms with E-state index in [1.54, 1.807) is 7.11 Å². The van der Waals surface area contributed by atoms with Crippen molar-refractivity contribution in [2.75, 3.05) is 13.7 Å². The van der Waals surface area contributed by atoms with Crippen molar-refractivity contribution in [3.63, 3.8) is 0 Å². The van der Waals surface area contributed by atoms with Gasteiger partial charge in [0, 0.05) is 13.7 Å².